The highest BCUT2D eigenvalue weighted by atomic mass is 16.1. The summed E-state index contributed by atoms with van der Waals surface area (Å²) >= 11 is 0. The molecule has 0 saturated heterocycles. The molecule has 1 aromatic carbocycles. The number of pyridine rings is 1. The van der Waals surface area contributed by atoms with Crippen molar-refractivity contribution >= 4 is 22.8 Å². The Morgan fingerprint density at radius 2 is 2.00 bits per heavy atom. The number of benzene rings is 1. The zero-order valence-corrected chi connectivity index (χ0v) is 8.53. The molecule has 0 saturated carbocycles. The molecule has 0 spiro atoms. The van der Waals surface area contributed by atoms with Gasteiger partial charge < -0.3 is 0 Å². The Morgan fingerprint density at radius 1 is 1.20 bits per heavy atom. The van der Waals surface area contributed by atoms with Crippen molar-refractivity contribution in [2.24, 2.45) is 0 Å². The molecular weight excluding hydrogens is 186 g/mol. The van der Waals surface area contributed by atoms with E-state index in [1.54, 1.807) is 12.2 Å². The first-order valence-electron chi connectivity index (χ1n) is 4.85. The minimum absolute atomic E-state index is 0.0524. The van der Waals surface area contributed by atoms with Crippen molar-refractivity contribution in [3.05, 3.63) is 48.2 Å². The third-order valence-corrected chi connectivity index (χ3v) is 2.18. The zero-order valence-electron chi connectivity index (χ0n) is 8.53. The summed E-state index contributed by atoms with van der Waals surface area (Å²) in [6.45, 7) is 1.54. The molecule has 2 nitrogen and oxygen atoms in total. The molecule has 0 amide bonds. The van der Waals surface area contributed by atoms with Crippen LogP contribution in [-0.2, 0) is 4.79 Å². The van der Waals surface area contributed by atoms with Crippen LogP contribution in [0.15, 0.2) is 42.5 Å². The number of ketones is 1. The molecule has 0 bridgehead atoms. The van der Waals surface area contributed by atoms with Crippen molar-refractivity contribution in [2.75, 3.05) is 0 Å². The predicted molar refractivity (Wildman–Crippen MR) is 60.2 cm³/mol. The molecule has 0 radical (unpaired) electrons. The van der Waals surface area contributed by atoms with Gasteiger partial charge in [0, 0.05) is 23.6 Å². The van der Waals surface area contributed by atoms with E-state index in [2.05, 4.69) is 4.98 Å². The molecule has 1 N–H and O–H groups in total. The average molecular weight is 198 g/mol. The Morgan fingerprint density at radius 3 is 2.80 bits per heavy atom. The number of nitrogens with one attached hydrogen (secondary N) is 1. The SMILES string of the molecule is CC(=O)C=Cc1ccc2ccccc2[nH+]1. The molecule has 74 valence electrons. The molecule has 0 unspecified atom stereocenters. The number of aromatic amines is 1. The van der Waals surface area contributed by atoms with E-state index in [-0.39, 0.29) is 5.78 Å². The summed E-state index contributed by atoms with van der Waals surface area (Å²) in [5.74, 6) is 0.0524. The summed E-state index contributed by atoms with van der Waals surface area (Å²) in [7, 11) is 0. The standard InChI is InChI=1S/C13H11NO/c1-10(15)6-8-12-9-7-11-4-2-3-5-13(11)14-12/h2-9H,1H3/p+1. The Hall–Kier alpha value is -1.96. The van der Waals surface area contributed by atoms with Gasteiger partial charge in [0.25, 0.3) is 0 Å². The number of fused-ring (bicyclic) bond motifs is 1. The van der Waals surface area contributed by atoms with Crippen LogP contribution in [0.3, 0.4) is 0 Å². The van der Waals surface area contributed by atoms with Crippen LogP contribution in [0, 0.1) is 0 Å². The van der Waals surface area contributed by atoms with Crippen molar-refractivity contribution in [3.63, 3.8) is 0 Å². The molecule has 0 aliphatic carbocycles. The molecular formula is C13H12NO+. The van der Waals surface area contributed by atoms with E-state index in [0.29, 0.717) is 0 Å². The largest absolute Gasteiger partial charge is 0.295 e. The summed E-state index contributed by atoms with van der Waals surface area (Å²) in [6.07, 6.45) is 3.34. The fourth-order valence-corrected chi connectivity index (χ4v) is 1.44. The van der Waals surface area contributed by atoms with Gasteiger partial charge in [0.2, 0.25) is 11.2 Å². The highest BCUT2D eigenvalue weighted by Crippen LogP contribution is 2.08. The lowest BCUT2D eigenvalue weighted by Crippen LogP contribution is -2.07. The third-order valence-electron chi connectivity index (χ3n) is 2.18. The second-order valence-corrected chi connectivity index (χ2v) is 3.44. The monoisotopic (exact) mass is 198 g/mol. The van der Waals surface area contributed by atoms with Crippen LogP contribution in [0.25, 0.3) is 17.0 Å². The second-order valence-electron chi connectivity index (χ2n) is 3.44. The summed E-state index contributed by atoms with van der Waals surface area (Å²) in [4.78, 5) is 14.0. The minimum atomic E-state index is 0.0524. The van der Waals surface area contributed by atoms with Crippen molar-refractivity contribution in [1.82, 2.24) is 0 Å². The van der Waals surface area contributed by atoms with Crippen molar-refractivity contribution in [1.29, 1.82) is 0 Å². The molecule has 15 heavy (non-hydrogen) atoms. The number of carbonyl (C=O) groups is 1. The van der Waals surface area contributed by atoms with Gasteiger partial charge in [0.05, 0.1) is 0 Å². The maximum atomic E-state index is 10.8. The van der Waals surface area contributed by atoms with Crippen LogP contribution in [0.5, 0.6) is 0 Å². The zero-order chi connectivity index (χ0) is 10.7. The quantitative estimate of drug-likeness (QED) is 0.681. The van der Waals surface area contributed by atoms with E-state index in [1.165, 1.54) is 6.92 Å². The Labute approximate surface area is 88.3 Å². The number of H-pyrrole nitrogens is 1. The second kappa shape index (κ2) is 4.05. The van der Waals surface area contributed by atoms with Gasteiger partial charge in [-0.15, -0.1) is 0 Å². The van der Waals surface area contributed by atoms with Gasteiger partial charge >= 0.3 is 0 Å². The van der Waals surface area contributed by atoms with Crippen molar-refractivity contribution in [2.45, 2.75) is 6.92 Å². The highest BCUT2D eigenvalue weighted by molar-refractivity contribution is 5.91. The normalized spacial score (nSPS) is 11.0. The van der Waals surface area contributed by atoms with Gasteiger partial charge in [0.15, 0.2) is 5.78 Å². The van der Waals surface area contributed by atoms with E-state index in [9.17, 15) is 4.79 Å². The lowest BCUT2D eigenvalue weighted by atomic mass is 10.2. The van der Waals surface area contributed by atoms with Crippen molar-refractivity contribution in [3.8, 4) is 0 Å². The summed E-state index contributed by atoms with van der Waals surface area (Å²) in [5.41, 5.74) is 2.01. The van der Waals surface area contributed by atoms with Crippen LogP contribution in [0.1, 0.15) is 12.6 Å². The number of para-hydroxylation sites is 1. The Kier molecular flexibility index (Phi) is 2.59. The van der Waals surface area contributed by atoms with Gasteiger partial charge in [-0.3, -0.25) is 4.79 Å². The number of hydrogen-bond donors (Lipinski definition) is 0. The Balaban J connectivity index is 2.43. The fraction of sp³-hybridized carbons (Fsp3) is 0.0769. The molecule has 2 heteroatoms. The number of carbonyl (C=O) groups excluding carboxylic acids is 1. The molecule has 1 heterocycles. The van der Waals surface area contributed by atoms with Gasteiger partial charge in [-0.05, 0) is 25.1 Å². The fourth-order valence-electron chi connectivity index (χ4n) is 1.44. The molecule has 0 aliphatic heterocycles. The number of hydrogen-bond acceptors (Lipinski definition) is 1. The molecule has 0 fully saturated rings. The molecule has 0 aliphatic rings. The van der Waals surface area contributed by atoms with E-state index >= 15 is 0 Å². The molecule has 1 aromatic heterocycles. The van der Waals surface area contributed by atoms with Gasteiger partial charge in [-0.2, -0.15) is 0 Å². The van der Waals surface area contributed by atoms with Crippen LogP contribution < -0.4 is 4.98 Å². The first kappa shape index (κ1) is 9.59. The molecule has 2 rings (SSSR count). The smallest absolute Gasteiger partial charge is 0.211 e. The van der Waals surface area contributed by atoms with Crippen molar-refractivity contribution < 1.29 is 9.78 Å². The average Bonchev–Trinajstić information content (AvgIpc) is 2.26. The van der Waals surface area contributed by atoms with Crippen LogP contribution in [0.2, 0.25) is 0 Å². The van der Waals surface area contributed by atoms with Gasteiger partial charge in [-0.1, -0.05) is 12.1 Å². The lowest BCUT2D eigenvalue weighted by molar-refractivity contribution is -0.347. The first-order chi connectivity index (χ1) is 7.25. The molecule has 2 aromatic rings. The predicted octanol–water partition coefficient (Wildman–Crippen LogP) is 2.26. The summed E-state index contributed by atoms with van der Waals surface area (Å²) in [6, 6.07) is 12.0. The molecule has 0 atom stereocenters. The van der Waals surface area contributed by atoms with Crippen LogP contribution >= 0.6 is 0 Å². The Bertz CT molecular complexity index is 529. The lowest BCUT2D eigenvalue weighted by Gasteiger charge is -1.91. The van der Waals surface area contributed by atoms with Gasteiger partial charge in [0.1, 0.15) is 0 Å². The maximum Gasteiger partial charge on any atom is 0.211 e. The first-order valence-corrected chi connectivity index (χ1v) is 4.85. The topological polar surface area (TPSA) is 31.2 Å². The van der Waals surface area contributed by atoms with E-state index < -0.39 is 0 Å². The third kappa shape index (κ3) is 2.29. The number of allylic oxidation sites excluding steroid dienone is 1. The van der Waals surface area contributed by atoms with E-state index in [4.69, 9.17) is 0 Å². The maximum absolute atomic E-state index is 10.8. The highest BCUT2D eigenvalue weighted by Gasteiger charge is 2.01. The van der Waals surface area contributed by atoms with Gasteiger partial charge in [-0.25, -0.2) is 4.98 Å². The van der Waals surface area contributed by atoms with Crippen LogP contribution in [-0.4, -0.2) is 5.78 Å². The summed E-state index contributed by atoms with van der Waals surface area (Å²) in [5, 5.41) is 1.16. The van der Waals surface area contributed by atoms with E-state index in [0.717, 1.165) is 16.6 Å². The van der Waals surface area contributed by atoms with Crippen LogP contribution in [0.4, 0.5) is 0 Å². The van der Waals surface area contributed by atoms with E-state index in [1.807, 2.05) is 36.4 Å². The number of aromatic nitrogens is 1. The summed E-state index contributed by atoms with van der Waals surface area (Å²) < 4.78 is 0. The minimum Gasteiger partial charge on any atom is -0.295 e. The number of rotatable bonds is 2.